The average molecular weight is 427 g/mol. The summed E-state index contributed by atoms with van der Waals surface area (Å²) in [6, 6.07) is 9.61. The van der Waals surface area contributed by atoms with Crippen molar-refractivity contribution < 1.29 is 9.53 Å². The van der Waals surface area contributed by atoms with Crippen LogP contribution in [-0.2, 0) is 11.3 Å². The van der Waals surface area contributed by atoms with Crippen LogP contribution in [0.4, 0.5) is 0 Å². The molecule has 0 saturated carbocycles. The summed E-state index contributed by atoms with van der Waals surface area (Å²) in [4.78, 5) is 23.6. The van der Waals surface area contributed by atoms with Gasteiger partial charge in [-0.05, 0) is 63.5 Å². The van der Waals surface area contributed by atoms with E-state index in [-0.39, 0.29) is 36.8 Å². The molecule has 1 aliphatic rings. The highest BCUT2D eigenvalue weighted by Gasteiger charge is 2.29. The van der Waals surface area contributed by atoms with Gasteiger partial charge in [0.25, 0.3) is 5.91 Å². The van der Waals surface area contributed by atoms with Gasteiger partial charge in [-0.3, -0.25) is 14.8 Å². The smallest absolute Gasteiger partial charge is 0.263 e. The van der Waals surface area contributed by atoms with Crippen LogP contribution < -0.4 is 10.1 Å². The summed E-state index contributed by atoms with van der Waals surface area (Å²) in [6.45, 7) is 4.24. The van der Waals surface area contributed by atoms with E-state index in [0.717, 1.165) is 38.0 Å². The topological polar surface area (TPSA) is 67.3 Å². The quantitative estimate of drug-likeness (QED) is 0.767. The van der Waals surface area contributed by atoms with Crippen LogP contribution in [0.25, 0.3) is 0 Å². The number of carbonyl (C=O) groups excluding carboxylic acids is 1. The van der Waals surface area contributed by atoms with E-state index in [2.05, 4.69) is 15.3 Å². The van der Waals surface area contributed by atoms with Crippen molar-refractivity contribution in [3.8, 4) is 5.75 Å². The molecular weight excluding hydrogens is 399 g/mol. The van der Waals surface area contributed by atoms with Gasteiger partial charge in [0.15, 0.2) is 6.10 Å². The second-order valence-electron chi connectivity index (χ2n) is 6.57. The van der Waals surface area contributed by atoms with Crippen LogP contribution >= 0.6 is 24.8 Å². The molecule has 1 amide bonds. The van der Waals surface area contributed by atoms with Gasteiger partial charge in [0, 0.05) is 18.4 Å². The van der Waals surface area contributed by atoms with Crippen LogP contribution in [0.5, 0.6) is 5.75 Å². The SMILES string of the molecule is CC(Oc1cccnc1)C(=O)N(Cc1ccccn1)C1CCCNCC1.Cl.Cl. The maximum Gasteiger partial charge on any atom is 0.263 e. The Morgan fingerprint density at radius 2 is 2.07 bits per heavy atom. The van der Waals surface area contributed by atoms with Crippen LogP contribution in [0, 0.1) is 0 Å². The molecule has 28 heavy (non-hydrogen) atoms. The first-order valence-corrected chi connectivity index (χ1v) is 9.22. The molecule has 0 aliphatic carbocycles. The molecule has 0 spiro atoms. The summed E-state index contributed by atoms with van der Waals surface area (Å²) >= 11 is 0. The van der Waals surface area contributed by atoms with Gasteiger partial charge in [0.05, 0.1) is 18.4 Å². The number of pyridine rings is 2. The van der Waals surface area contributed by atoms with Crippen molar-refractivity contribution in [2.24, 2.45) is 0 Å². The number of hydrogen-bond acceptors (Lipinski definition) is 5. The summed E-state index contributed by atoms with van der Waals surface area (Å²) in [5.74, 6) is 0.597. The number of nitrogens with zero attached hydrogens (tertiary/aromatic N) is 3. The monoisotopic (exact) mass is 426 g/mol. The molecule has 154 valence electrons. The van der Waals surface area contributed by atoms with Gasteiger partial charge in [-0.15, -0.1) is 24.8 Å². The summed E-state index contributed by atoms with van der Waals surface area (Å²) in [5, 5.41) is 3.41. The summed E-state index contributed by atoms with van der Waals surface area (Å²) in [5.41, 5.74) is 0.895. The fraction of sp³-hybridized carbons (Fsp3) is 0.450. The zero-order chi connectivity index (χ0) is 18.2. The number of ether oxygens (including phenoxy) is 1. The van der Waals surface area contributed by atoms with Crippen LogP contribution in [0.3, 0.4) is 0 Å². The first-order valence-electron chi connectivity index (χ1n) is 9.22. The van der Waals surface area contributed by atoms with Crippen LogP contribution in [0.1, 0.15) is 31.9 Å². The highest BCUT2D eigenvalue weighted by atomic mass is 35.5. The molecule has 0 aromatic carbocycles. The number of nitrogens with one attached hydrogen (secondary N) is 1. The maximum atomic E-state index is 13.2. The van der Waals surface area contributed by atoms with Gasteiger partial charge < -0.3 is 15.0 Å². The molecule has 1 fully saturated rings. The van der Waals surface area contributed by atoms with Crippen LogP contribution in [-0.4, -0.2) is 46.0 Å². The van der Waals surface area contributed by atoms with Crippen LogP contribution in [0.2, 0.25) is 0 Å². The molecule has 0 bridgehead atoms. The van der Waals surface area contributed by atoms with E-state index in [1.165, 1.54) is 0 Å². The fourth-order valence-corrected chi connectivity index (χ4v) is 3.27. The van der Waals surface area contributed by atoms with E-state index in [0.29, 0.717) is 12.3 Å². The Balaban J connectivity index is 0.00000196. The lowest BCUT2D eigenvalue weighted by Gasteiger charge is -2.33. The molecule has 2 unspecified atom stereocenters. The second kappa shape index (κ2) is 12.5. The lowest BCUT2D eigenvalue weighted by atomic mass is 10.1. The summed E-state index contributed by atoms with van der Waals surface area (Å²) < 4.78 is 5.83. The fourth-order valence-electron chi connectivity index (χ4n) is 3.27. The molecule has 1 N–H and O–H groups in total. The number of halogens is 2. The predicted octanol–water partition coefficient (Wildman–Crippen LogP) is 3.26. The van der Waals surface area contributed by atoms with E-state index < -0.39 is 6.10 Å². The van der Waals surface area contributed by atoms with Crippen molar-refractivity contribution in [1.82, 2.24) is 20.2 Å². The number of aromatic nitrogens is 2. The minimum Gasteiger partial charge on any atom is -0.479 e. The van der Waals surface area contributed by atoms with E-state index >= 15 is 0 Å². The minimum atomic E-state index is -0.570. The Kier molecular flexibility index (Phi) is 10.8. The van der Waals surface area contributed by atoms with Gasteiger partial charge in [-0.1, -0.05) is 6.07 Å². The second-order valence-corrected chi connectivity index (χ2v) is 6.57. The molecule has 2 aromatic rings. The molecular formula is C20H28Cl2N4O2. The maximum absolute atomic E-state index is 13.2. The van der Waals surface area contributed by atoms with Crippen molar-refractivity contribution in [3.05, 3.63) is 54.6 Å². The van der Waals surface area contributed by atoms with Crippen molar-refractivity contribution in [1.29, 1.82) is 0 Å². The van der Waals surface area contributed by atoms with Crippen molar-refractivity contribution in [2.75, 3.05) is 13.1 Å². The normalized spacial score (nSPS) is 17.2. The zero-order valence-corrected chi connectivity index (χ0v) is 17.6. The van der Waals surface area contributed by atoms with Gasteiger partial charge in [0.1, 0.15) is 5.75 Å². The Hall–Kier alpha value is -1.89. The lowest BCUT2D eigenvalue weighted by molar-refractivity contribution is -0.141. The number of amides is 1. The number of hydrogen-bond donors (Lipinski definition) is 1. The van der Waals surface area contributed by atoms with Gasteiger partial charge in [0.2, 0.25) is 0 Å². The van der Waals surface area contributed by atoms with Crippen molar-refractivity contribution in [3.63, 3.8) is 0 Å². The Bertz CT molecular complexity index is 683. The molecule has 8 heteroatoms. The van der Waals surface area contributed by atoms with Crippen molar-refractivity contribution in [2.45, 2.75) is 44.9 Å². The Morgan fingerprint density at radius 1 is 1.21 bits per heavy atom. The molecule has 2 atom stereocenters. The number of carbonyl (C=O) groups is 1. The number of rotatable bonds is 6. The highest BCUT2D eigenvalue weighted by molar-refractivity contribution is 5.85. The third kappa shape index (κ3) is 6.93. The molecule has 3 rings (SSSR count). The third-order valence-electron chi connectivity index (χ3n) is 4.62. The standard InChI is InChI=1S/C20H26N4O2.2ClH/c1-16(26-19-8-5-11-22-14-19)20(25)24(15-17-6-2-3-12-23-17)18-7-4-10-21-13-9-18;;/h2-3,5-6,8,11-12,14,16,18,21H,4,7,9-10,13,15H2,1H3;2*1H. The predicted molar refractivity (Wildman–Crippen MR) is 114 cm³/mol. The minimum absolute atomic E-state index is 0. The molecule has 0 radical (unpaired) electrons. The summed E-state index contributed by atoms with van der Waals surface area (Å²) in [6.07, 6.45) is 7.51. The molecule has 3 heterocycles. The Morgan fingerprint density at radius 3 is 2.79 bits per heavy atom. The highest BCUT2D eigenvalue weighted by Crippen LogP contribution is 2.19. The molecule has 1 saturated heterocycles. The van der Waals surface area contributed by atoms with Crippen molar-refractivity contribution >= 4 is 30.7 Å². The first-order chi connectivity index (χ1) is 12.7. The Labute approximate surface area is 178 Å². The molecule has 6 nitrogen and oxygen atoms in total. The molecule has 2 aromatic heterocycles. The third-order valence-corrected chi connectivity index (χ3v) is 4.62. The first kappa shape index (κ1) is 24.1. The zero-order valence-electron chi connectivity index (χ0n) is 16.0. The van der Waals surface area contributed by atoms with Gasteiger partial charge in [-0.25, -0.2) is 0 Å². The molecule has 1 aliphatic heterocycles. The van der Waals surface area contributed by atoms with E-state index in [9.17, 15) is 4.79 Å². The average Bonchev–Trinajstić information content (AvgIpc) is 2.96. The largest absolute Gasteiger partial charge is 0.479 e. The van der Waals surface area contributed by atoms with Crippen LogP contribution in [0.15, 0.2) is 48.9 Å². The van der Waals surface area contributed by atoms with Gasteiger partial charge in [-0.2, -0.15) is 0 Å². The van der Waals surface area contributed by atoms with E-state index in [1.54, 1.807) is 31.6 Å². The van der Waals surface area contributed by atoms with Gasteiger partial charge >= 0.3 is 0 Å². The lowest BCUT2D eigenvalue weighted by Crippen LogP contribution is -2.46. The van der Waals surface area contributed by atoms with E-state index in [1.807, 2.05) is 29.2 Å². The van der Waals surface area contributed by atoms with E-state index in [4.69, 9.17) is 4.74 Å². The summed E-state index contributed by atoms with van der Waals surface area (Å²) in [7, 11) is 0.